The zero-order valence-corrected chi connectivity index (χ0v) is 10.4. The van der Waals surface area contributed by atoms with E-state index in [0.717, 1.165) is 24.7 Å². The van der Waals surface area contributed by atoms with E-state index in [-0.39, 0.29) is 6.03 Å². The molecule has 0 spiro atoms. The van der Waals surface area contributed by atoms with Gasteiger partial charge in [0.05, 0.1) is 6.20 Å². The van der Waals surface area contributed by atoms with Crippen LogP contribution in [0.15, 0.2) is 6.20 Å². The Kier molecular flexibility index (Phi) is 3.17. The molecule has 0 aromatic carbocycles. The number of aromatic amines is 1. The van der Waals surface area contributed by atoms with Crippen molar-refractivity contribution in [1.29, 1.82) is 0 Å². The van der Waals surface area contributed by atoms with Crippen LogP contribution in [0.1, 0.15) is 38.5 Å². The first kappa shape index (κ1) is 11.5. The standard InChI is InChI=1S/C12H19N5O/c18-12(15-11-7-13-17-16-11)14-10-5-8-3-1-2-4-9(8)6-10/h7-10H,1-6H2,(H3,13,14,15,16,17,18)/t8-,9+,10?. The molecule has 1 unspecified atom stereocenters. The number of rotatable bonds is 2. The minimum Gasteiger partial charge on any atom is -0.335 e. The van der Waals surface area contributed by atoms with E-state index in [1.54, 1.807) is 0 Å². The molecular weight excluding hydrogens is 230 g/mol. The van der Waals surface area contributed by atoms with E-state index in [1.165, 1.54) is 31.9 Å². The van der Waals surface area contributed by atoms with Crippen molar-refractivity contribution in [1.82, 2.24) is 20.7 Å². The lowest BCUT2D eigenvalue weighted by molar-refractivity contribution is 0.248. The van der Waals surface area contributed by atoms with Crippen LogP contribution < -0.4 is 10.6 Å². The smallest absolute Gasteiger partial charge is 0.320 e. The average Bonchev–Trinajstić information content (AvgIpc) is 2.96. The van der Waals surface area contributed by atoms with Crippen molar-refractivity contribution >= 4 is 11.8 Å². The zero-order valence-electron chi connectivity index (χ0n) is 10.4. The Balaban J connectivity index is 1.50. The van der Waals surface area contributed by atoms with Crippen LogP contribution in [-0.2, 0) is 0 Å². The van der Waals surface area contributed by atoms with Crippen LogP contribution >= 0.6 is 0 Å². The number of anilines is 1. The highest BCUT2D eigenvalue weighted by Crippen LogP contribution is 2.42. The van der Waals surface area contributed by atoms with Crippen molar-refractivity contribution in [2.75, 3.05) is 5.32 Å². The summed E-state index contributed by atoms with van der Waals surface area (Å²) in [7, 11) is 0. The number of hydrogen-bond acceptors (Lipinski definition) is 3. The third-order valence-corrected chi connectivity index (χ3v) is 4.23. The molecule has 1 heterocycles. The van der Waals surface area contributed by atoms with Gasteiger partial charge in [-0.25, -0.2) is 4.79 Å². The van der Waals surface area contributed by atoms with Crippen molar-refractivity contribution in [3.05, 3.63) is 6.20 Å². The number of carbonyl (C=O) groups excluding carboxylic acids is 1. The molecule has 3 N–H and O–H groups in total. The van der Waals surface area contributed by atoms with E-state index >= 15 is 0 Å². The van der Waals surface area contributed by atoms with Crippen LogP contribution in [0.3, 0.4) is 0 Å². The van der Waals surface area contributed by atoms with Crippen LogP contribution in [0, 0.1) is 11.8 Å². The van der Waals surface area contributed by atoms with Gasteiger partial charge in [-0.1, -0.05) is 25.7 Å². The second kappa shape index (κ2) is 4.96. The zero-order chi connectivity index (χ0) is 12.4. The van der Waals surface area contributed by atoms with Crippen LogP contribution in [0.4, 0.5) is 10.6 Å². The molecule has 3 atom stereocenters. The van der Waals surface area contributed by atoms with E-state index < -0.39 is 0 Å². The van der Waals surface area contributed by atoms with Gasteiger partial charge in [-0.15, -0.1) is 5.10 Å². The summed E-state index contributed by atoms with van der Waals surface area (Å²) >= 11 is 0. The highest BCUT2D eigenvalue weighted by atomic mass is 16.2. The lowest BCUT2D eigenvalue weighted by Gasteiger charge is -2.23. The number of hydrogen-bond donors (Lipinski definition) is 3. The lowest BCUT2D eigenvalue weighted by Crippen LogP contribution is -2.36. The molecule has 0 bridgehead atoms. The summed E-state index contributed by atoms with van der Waals surface area (Å²) in [6, 6.07) is 0.151. The maximum absolute atomic E-state index is 11.8. The van der Waals surface area contributed by atoms with E-state index in [9.17, 15) is 4.79 Å². The molecule has 2 saturated carbocycles. The molecule has 3 rings (SSSR count). The van der Waals surface area contributed by atoms with Gasteiger partial charge in [0.1, 0.15) is 0 Å². The number of carbonyl (C=O) groups is 1. The fraction of sp³-hybridized carbons (Fsp3) is 0.750. The lowest BCUT2D eigenvalue weighted by atomic mass is 9.82. The molecular formula is C12H19N5O. The maximum Gasteiger partial charge on any atom is 0.320 e. The number of urea groups is 1. The highest BCUT2D eigenvalue weighted by molar-refractivity contribution is 5.88. The molecule has 1 aromatic heterocycles. The van der Waals surface area contributed by atoms with Gasteiger partial charge in [-0.05, 0) is 24.7 Å². The molecule has 1 aromatic rings. The van der Waals surface area contributed by atoms with Crippen LogP contribution in [0.5, 0.6) is 0 Å². The fourth-order valence-corrected chi connectivity index (χ4v) is 3.45. The van der Waals surface area contributed by atoms with Crippen molar-refractivity contribution in [3.63, 3.8) is 0 Å². The summed E-state index contributed by atoms with van der Waals surface area (Å²) in [6.07, 6.45) is 9.17. The van der Waals surface area contributed by atoms with E-state index in [1.807, 2.05) is 0 Å². The number of H-pyrrole nitrogens is 1. The van der Waals surface area contributed by atoms with Gasteiger partial charge in [0.15, 0.2) is 5.82 Å². The maximum atomic E-state index is 11.8. The molecule has 0 radical (unpaired) electrons. The molecule has 6 heteroatoms. The summed E-state index contributed by atoms with van der Waals surface area (Å²) in [5, 5.41) is 15.6. The van der Waals surface area contributed by atoms with Gasteiger partial charge < -0.3 is 5.32 Å². The number of nitrogens with one attached hydrogen (secondary N) is 3. The molecule has 2 amide bonds. The molecule has 98 valence electrons. The van der Waals surface area contributed by atoms with Crippen LogP contribution in [-0.4, -0.2) is 27.5 Å². The molecule has 0 saturated heterocycles. The predicted molar refractivity (Wildman–Crippen MR) is 67.0 cm³/mol. The number of nitrogens with zero attached hydrogens (tertiary/aromatic N) is 2. The van der Waals surface area contributed by atoms with Gasteiger partial charge in [0, 0.05) is 6.04 Å². The summed E-state index contributed by atoms with van der Waals surface area (Å²) in [4.78, 5) is 11.8. The predicted octanol–water partition coefficient (Wildman–Crippen LogP) is 1.89. The SMILES string of the molecule is O=C(Nc1cn[nH]n1)NC1C[C@H]2CCCC[C@H]2C1. The summed E-state index contributed by atoms with van der Waals surface area (Å²) in [5.74, 6) is 2.12. The Labute approximate surface area is 106 Å². The van der Waals surface area contributed by atoms with Crippen LogP contribution in [0.25, 0.3) is 0 Å². The largest absolute Gasteiger partial charge is 0.335 e. The van der Waals surface area contributed by atoms with Gasteiger partial charge >= 0.3 is 6.03 Å². The van der Waals surface area contributed by atoms with Crippen molar-refractivity contribution in [2.24, 2.45) is 11.8 Å². The normalized spacial score (nSPS) is 30.8. The first-order valence-corrected chi connectivity index (χ1v) is 6.74. The summed E-state index contributed by atoms with van der Waals surface area (Å²) in [5.41, 5.74) is 0. The Morgan fingerprint density at radius 3 is 2.61 bits per heavy atom. The molecule has 0 aliphatic heterocycles. The highest BCUT2D eigenvalue weighted by Gasteiger charge is 2.36. The quantitative estimate of drug-likeness (QED) is 0.748. The van der Waals surface area contributed by atoms with Crippen molar-refractivity contribution in [2.45, 2.75) is 44.6 Å². The van der Waals surface area contributed by atoms with E-state index in [0.29, 0.717) is 11.9 Å². The Morgan fingerprint density at radius 1 is 1.28 bits per heavy atom. The van der Waals surface area contributed by atoms with Crippen molar-refractivity contribution in [3.8, 4) is 0 Å². The van der Waals surface area contributed by atoms with Gasteiger partial charge in [-0.2, -0.15) is 10.3 Å². The second-order valence-corrected chi connectivity index (χ2v) is 5.43. The topological polar surface area (TPSA) is 82.7 Å². The monoisotopic (exact) mass is 249 g/mol. The van der Waals surface area contributed by atoms with Crippen molar-refractivity contribution < 1.29 is 4.79 Å². The molecule has 18 heavy (non-hydrogen) atoms. The summed E-state index contributed by atoms with van der Waals surface area (Å²) in [6.45, 7) is 0. The fourth-order valence-electron chi connectivity index (χ4n) is 3.45. The third-order valence-electron chi connectivity index (χ3n) is 4.23. The molecule has 2 aliphatic rings. The number of amides is 2. The molecule has 2 aliphatic carbocycles. The van der Waals surface area contributed by atoms with Crippen LogP contribution in [0.2, 0.25) is 0 Å². The van der Waals surface area contributed by atoms with E-state index in [4.69, 9.17) is 0 Å². The summed E-state index contributed by atoms with van der Waals surface area (Å²) < 4.78 is 0. The number of aromatic nitrogens is 3. The Morgan fingerprint density at radius 2 is 2.00 bits per heavy atom. The minimum absolute atomic E-state index is 0.174. The molecule has 6 nitrogen and oxygen atoms in total. The van der Waals surface area contributed by atoms with Gasteiger partial charge in [0.25, 0.3) is 0 Å². The minimum atomic E-state index is -0.174. The Bertz CT molecular complexity index is 391. The first-order valence-electron chi connectivity index (χ1n) is 6.74. The average molecular weight is 249 g/mol. The van der Waals surface area contributed by atoms with E-state index in [2.05, 4.69) is 26.0 Å². The Hall–Kier alpha value is -1.59. The van der Waals surface area contributed by atoms with Gasteiger partial charge in [-0.3, -0.25) is 5.32 Å². The first-order chi connectivity index (χ1) is 8.81. The van der Waals surface area contributed by atoms with Gasteiger partial charge in [0.2, 0.25) is 0 Å². The molecule has 2 fully saturated rings. The third kappa shape index (κ3) is 2.47. The second-order valence-electron chi connectivity index (χ2n) is 5.43. The number of fused-ring (bicyclic) bond motifs is 1.